The van der Waals surface area contributed by atoms with Gasteiger partial charge in [0, 0.05) is 18.6 Å². The van der Waals surface area contributed by atoms with Crippen LogP contribution in [0.5, 0.6) is 0 Å². The number of hydrogen-bond acceptors (Lipinski definition) is 2. The third kappa shape index (κ3) is 2.80. The minimum absolute atomic E-state index is 0.580. The summed E-state index contributed by atoms with van der Waals surface area (Å²) in [6.45, 7) is 0.955. The monoisotopic (exact) mass is 173 g/mol. The number of aryl methyl sites for hydroxylation is 1. The standard InChI is InChI=1S/C7H12ClN3/c8-3-1-2-4-11-5-7(9)10-6-11/h5-6H,1-4,9H2. The van der Waals surface area contributed by atoms with Crippen LogP contribution in [0.4, 0.5) is 5.82 Å². The molecule has 62 valence electrons. The number of nitrogens with two attached hydrogens (primary N) is 1. The second-order valence-corrected chi connectivity index (χ2v) is 2.81. The topological polar surface area (TPSA) is 43.8 Å². The number of imidazole rings is 1. The van der Waals surface area contributed by atoms with Crippen molar-refractivity contribution < 1.29 is 0 Å². The molecule has 4 heteroatoms. The number of nitrogens with zero attached hydrogens (tertiary/aromatic N) is 2. The molecule has 0 aromatic carbocycles. The summed E-state index contributed by atoms with van der Waals surface area (Å²) in [6, 6.07) is 0. The average molecular weight is 174 g/mol. The average Bonchev–Trinajstić information content (AvgIpc) is 2.37. The molecule has 0 fully saturated rings. The summed E-state index contributed by atoms with van der Waals surface area (Å²) in [5.41, 5.74) is 5.42. The van der Waals surface area contributed by atoms with Gasteiger partial charge in [-0.3, -0.25) is 0 Å². The summed E-state index contributed by atoms with van der Waals surface area (Å²) in [5, 5.41) is 0. The second-order valence-electron chi connectivity index (χ2n) is 2.43. The summed E-state index contributed by atoms with van der Waals surface area (Å²) in [5.74, 6) is 1.31. The molecular weight excluding hydrogens is 162 g/mol. The molecule has 0 saturated carbocycles. The lowest BCUT2D eigenvalue weighted by Crippen LogP contribution is -1.94. The van der Waals surface area contributed by atoms with E-state index in [0.717, 1.165) is 25.3 Å². The van der Waals surface area contributed by atoms with Gasteiger partial charge in [0.2, 0.25) is 0 Å². The quantitative estimate of drug-likeness (QED) is 0.554. The van der Waals surface area contributed by atoms with Crippen LogP contribution < -0.4 is 5.73 Å². The van der Waals surface area contributed by atoms with Crippen molar-refractivity contribution >= 4 is 17.4 Å². The van der Waals surface area contributed by atoms with Gasteiger partial charge in [0.25, 0.3) is 0 Å². The summed E-state index contributed by atoms with van der Waals surface area (Å²) in [6.07, 6.45) is 5.69. The Kier molecular flexibility index (Phi) is 3.23. The maximum Gasteiger partial charge on any atom is 0.141 e. The van der Waals surface area contributed by atoms with Crippen molar-refractivity contribution in [3.8, 4) is 0 Å². The van der Waals surface area contributed by atoms with E-state index in [-0.39, 0.29) is 0 Å². The van der Waals surface area contributed by atoms with Crippen LogP contribution in [0.3, 0.4) is 0 Å². The van der Waals surface area contributed by atoms with Crippen LogP contribution >= 0.6 is 11.6 Å². The second kappa shape index (κ2) is 4.23. The Morgan fingerprint density at radius 1 is 1.55 bits per heavy atom. The van der Waals surface area contributed by atoms with E-state index < -0.39 is 0 Å². The smallest absolute Gasteiger partial charge is 0.141 e. The molecule has 0 aliphatic heterocycles. The van der Waals surface area contributed by atoms with Gasteiger partial charge in [0.1, 0.15) is 5.82 Å². The van der Waals surface area contributed by atoms with Crippen LogP contribution in [0.15, 0.2) is 12.5 Å². The first-order valence-corrected chi connectivity index (χ1v) is 4.19. The van der Waals surface area contributed by atoms with Gasteiger partial charge in [-0.05, 0) is 12.8 Å². The lowest BCUT2D eigenvalue weighted by molar-refractivity contribution is 0.633. The van der Waals surface area contributed by atoms with Crippen molar-refractivity contribution in [3.63, 3.8) is 0 Å². The van der Waals surface area contributed by atoms with Crippen molar-refractivity contribution in [1.82, 2.24) is 9.55 Å². The Labute approximate surface area is 71.2 Å². The number of anilines is 1. The summed E-state index contributed by atoms with van der Waals surface area (Å²) < 4.78 is 1.97. The zero-order valence-electron chi connectivity index (χ0n) is 6.33. The number of hydrogen-bond donors (Lipinski definition) is 1. The van der Waals surface area contributed by atoms with E-state index in [4.69, 9.17) is 17.3 Å². The number of nitrogen functional groups attached to an aromatic ring is 1. The van der Waals surface area contributed by atoms with Gasteiger partial charge >= 0.3 is 0 Å². The van der Waals surface area contributed by atoms with Gasteiger partial charge in [0.15, 0.2) is 0 Å². The van der Waals surface area contributed by atoms with Gasteiger partial charge in [-0.15, -0.1) is 11.6 Å². The van der Waals surface area contributed by atoms with Gasteiger partial charge < -0.3 is 10.3 Å². The first kappa shape index (κ1) is 8.40. The third-order valence-corrected chi connectivity index (χ3v) is 1.72. The van der Waals surface area contributed by atoms with Gasteiger partial charge in [-0.1, -0.05) is 0 Å². The molecule has 0 spiro atoms. The normalized spacial score (nSPS) is 10.3. The molecule has 0 saturated heterocycles. The molecule has 3 nitrogen and oxygen atoms in total. The highest BCUT2D eigenvalue weighted by Crippen LogP contribution is 2.00. The maximum atomic E-state index is 5.52. The molecule has 1 aromatic heterocycles. The van der Waals surface area contributed by atoms with E-state index in [2.05, 4.69) is 4.98 Å². The van der Waals surface area contributed by atoms with Gasteiger partial charge in [0.05, 0.1) is 6.33 Å². The van der Waals surface area contributed by atoms with E-state index >= 15 is 0 Å². The van der Waals surface area contributed by atoms with Gasteiger partial charge in [-0.25, -0.2) is 4.98 Å². The van der Waals surface area contributed by atoms with E-state index in [9.17, 15) is 0 Å². The molecule has 0 radical (unpaired) electrons. The van der Waals surface area contributed by atoms with Crippen molar-refractivity contribution in [1.29, 1.82) is 0 Å². The number of halogens is 1. The fourth-order valence-corrected chi connectivity index (χ4v) is 1.08. The van der Waals surface area contributed by atoms with Crippen molar-refractivity contribution in [2.75, 3.05) is 11.6 Å². The Hall–Kier alpha value is -0.700. The minimum Gasteiger partial charge on any atom is -0.382 e. The molecule has 1 heterocycles. The highest BCUT2D eigenvalue weighted by Gasteiger charge is 1.92. The number of aromatic nitrogens is 2. The zero-order valence-corrected chi connectivity index (χ0v) is 7.09. The van der Waals surface area contributed by atoms with Crippen molar-refractivity contribution in [2.45, 2.75) is 19.4 Å². The van der Waals surface area contributed by atoms with Crippen LogP contribution in [0.25, 0.3) is 0 Å². The van der Waals surface area contributed by atoms with E-state index in [1.807, 2.05) is 10.8 Å². The fourth-order valence-electron chi connectivity index (χ4n) is 0.889. The molecular formula is C7H12ClN3. The van der Waals surface area contributed by atoms with Crippen LogP contribution in [0.2, 0.25) is 0 Å². The third-order valence-electron chi connectivity index (χ3n) is 1.45. The van der Waals surface area contributed by atoms with Crippen LogP contribution in [-0.2, 0) is 6.54 Å². The predicted octanol–water partition coefficient (Wildman–Crippen LogP) is 1.48. The molecule has 1 rings (SSSR count). The number of unbranched alkanes of at least 4 members (excludes halogenated alkanes) is 1. The summed E-state index contributed by atoms with van der Waals surface area (Å²) >= 11 is 5.52. The Morgan fingerprint density at radius 3 is 2.91 bits per heavy atom. The molecule has 0 aliphatic rings. The fraction of sp³-hybridized carbons (Fsp3) is 0.571. The molecule has 0 bridgehead atoms. The summed E-state index contributed by atoms with van der Waals surface area (Å²) in [4.78, 5) is 3.90. The van der Waals surface area contributed by atoms with E-state index in [1.165, 1.54) is 0 Å². The molecule has 1 aromatic rings. The Bertz CT molecular complexity index is 209. The van der Waals surface area contributed by atoms with Gasteiger partial charge in [-0.2, -0.15) is 0 Å². The molecule has 0 aliphatic carbocycles. The minimum atomic E-state index is 0.580. The van der Waals surface area contributed by atoms with E-state index in [0.29, 0.717) is 5.82 Å². The lowest BCUT2D eigenvalue weighted by atomic mass is 10.3. The van der Waals surface area contributed by atoms with Crippen LogP contribution in [0.1, 0.15) is 12.8 Å². The maximum absolute atomic E-state index is 5.52. The molecule has 0 unspecified atom stereocenters. The number of rotatable bonds is 4. The van der Waals surface area contributed by atoms with Crippen molar-refractivity contribution in [2.24, 2.45) is 0 Å². The molecule has 2 N–H and O–H groups in total. The Morgan fingerprint density at radius 2 is 2.36 bits per heavy atom. The Balaban J connectivity index is 2.27. The zero-order chi connectivity index (χ0) is 8.10. The lowest BCUT2D eigenvalue weighted by Gasteiger charge is -1.98. The number of alkyl halides is 1. The van der Waals surface area contributed by atoms with Crippen molar-refractivity contribution in [3.05, 3.63) is 12.5 Å². The summed E-state index contributed by atoms with van der Waals surface area (Å²) in [7, 11) is 0. The first-order valence-electron chi connectivity index (χ1n) is 3.66. The molecule has 0 atom stereocenters. The first-order chi connectivity index (χ1) is 5.33. The highest BCUT2D eigenvalue weighted by molar-refractivity contribution is 6.17. The predicted molar refractivity (Wildman–Crippen MR) is 46.6 cm³/mol. The van der Waals surface area contributed by atoms with Crippen LogP contribution in [-0.4, -0.2) is 15.4 Å². The highest BCUT2D eigenvalue weighted by atomic mass is 35.5. The van der Waals surface area contributed by atoms with E-state index in [1.54, 1.807) is 6.33 Å². The van der Waals surface area contributed by atoms with Crippen LogP contribution in [0, 0.1) is 0 Å². The molecule has 11 heavy (non-hydrogen) atoms. The molecule has 0 amide bonds. The largest absolute Gasteiger partial charge is 0.382 e. The SMILES string of the molecule is Nc1cn(CCCCCl)cn1.